The highest BCUT2D eigenvalue weighted by Crippen LogP contribution is 2.26. The largest absolute Gasteiger partial charge is 0.330 e. The van der Waals surface area contributed by atoms with Crippen molar-refractivity contribution in [1.82, 2.24) is 9.55 Å². The van der Waals surface area contributed by atoms with Crippen molar-refractivity contribution in [2.45, 2.75) is 0 Å². The molecule has 3 rings (SSSR count). The van der Waals surface area contributed by atoms with Crippen LogP contribution in [0.1, 0.15) is 0 Å². The van der Waals surface area contributed by atoms with Gasteiger partial charge in [0.15, 0.2) is 28.0 Å². The van der Waals surface area contributed by atoms with Crippen molar-refractivity contribution in [2.75, 3.05) is 0 Å². The maximum absolute atomic E-state index is 13.9. The lowest BCUT2D eigenvalue weighted by Crippen LogP contribution is -2.02. The third kappa shape index (κ3) is 2.02. The number of hydrogen-bond acceptors (Lipinski definition) is 1. The van der Waals surface area contributed by atoms with Gasteiger partial charge in [0, 0.05) is 12.1 Å². The third-order valence-corrected chi connectivity index (χ3v) is 3.25. The number of aromatic amines is 1. The first-order valence-corrected chi connectivity index (χ1v) is 6.04. The molecule has 0 spiro atoms. The van der Waals surface area contributed by atoms with Gasteiger partial charge in [0.2, 0.25) is 0 Å². The Hall–Kier alpha value is -2.22. The van der Waals surface area contributed by atoms with Crippen LogP contribution in [0.25, 0.3) is 16.7 Å². The summed E-state index contributed by atoms with van der Waals surface area (Å²) in [7, 11) is 0. The van der Waals surface area contributed by atoms with Crippen LogP contribution in [0, 0.1) is 33.9 Å². The van der Waals surface area contributed by atoms with E-state index in [-0.39, 0.29) is 15.8 Å². The quantitative estimate of drug-likeness (QED) is 0.401. The molecule has 21 heavy (non-hydrogen) atoms. The molecular formula is C13H5F5N2S. The molecule has 2 nitrogen and oxygen atoms in total. The molecule has 1 N–H and O–H groups in total. The van der Waals surface area contributed by atoms with Crippen LogP contribution in [0.3, 0.4) is 0 Å². The fourth-order valence-electron chi connectivity index (χ4n) is 2.05. The van der Waals surface area contributed by atoms with Crippen molar-refractivity contribution < 1.29 is 22.0 Å². The van der Waals surface area contributed by atoms with E-state index in [1.165, 1.54) is 6.07 Å². The van der Waals surface area contributed by atoms with Crippen molar-refractivity contribution in [2.24, 2.45) is 0 Å². The SMILES string of the molecule is Fc1cc(F)c(-n2c(=S)[nH]c3ccc(F)c(F)c32)cc1F. The van der Waals surface area contributed by atoms with Crippen LogP contribution in [0.2, 0.25) is 0 Å². The molecule has 0 saturated heterocycles. The Labute approximate surface area is 119 Å². The van der Waals surface area contributed by atoms with Crippen molar-refractivity contribution >= 4 is 23.3 Å². The summed E-state index contributed by atoms with van der Waals surface area (Å²) >= 11 is 4.91. The summed E-state index contributed by atoms with van der Waals surface area (Å²) < 4.78 is 67.9. The van der Waals surface area contributed by atoms with Crippen LogP contribution in [-0.2, 0) is 0 Å². The Bertz CT molecular complexity index is 928. The number of nitrogens with one attached hydrogen (secondary N) is 1. The average Bonchev–Trinajstić information content (AvgIpc) is 2.75. The van der Waals surface area contributed by atoms with Crippen LogP contribution in [-0.4, -0.2) is 9.55 Å². The van der Waals surface area contributed by atoms with Crippen molar-refractivity contribution in [3.8, 4) is 5.69 Å². The Morgan fingerprint density at radius 1 is 0.857 bits per heavy atom. The molecule has 2 aromatic carbocycles. The number of halogens is 5. The number of hydrogen-bond donors (Lipinski definition) is 1. The lowest BCUT2D eigenvalue weighted by atomic mass is 10.2. The topological polar surface area (TPSA) is 20.7 Å². The molecule has 1 aromatic heterocycles. The molecule has 0 saturated carbocycles. The van der Waals surface area contributed by atoms with Gasteiger partial charge in [0.25, 0.3) is 0 Å². The minimum absolute atomic E-state index is 0.100. The molecule has 0 fully saturated rings. The molecule has 0 amide bonds. The van der Waals surface area contributed by atoms with Gasteiger partial charge in [-0.25, -0.2) is 22.0 Å². The maximum atomic E-state index is 13.9. The Balaban J connectivity index is 2.46. The summed E-state index contributed by atoms with van der Waals surface area (Å²) in [4.78, 5) is 2.54. The van der Waals surface area contributed by atoms with Crippen LogP contribution in [0.4, 0.5) is 22.0 Å². The molecule has 0 radical (unpaired) electrons. The molecule has 0 unspecified atom stereocenters. The third-order valence-electron chi connectivity index (χ3n) is 2.97. The summed E-state index contributed by atoms with van der Waals surface area (Å²) in [5.41, 5.74) is -0.803. The molecule has 0 aliphatic rings. The van der Waals surface area contributed by atoms with Gasteiger partial charge in [-0.1, -0.05) is 0 Å². The highest BCUT2D eigenvalue weighted by Gasteiger charge is 2.19. The highest BCUT2D eigenvalue weighted by molar-refractivity contribution is 7.71. The van der Waals surface area contributed by atoms with E-state index in [0.717, 1.165) is 10.6 Å². The average molecular weight is 316 g/mol. The van der Waals surface area contributed by atoms with Gasteiger partial charge in [-0.2, -0.15) is 0 Å². The van der Waals surface area contributed by atoms with Crippen molar-refractivity contribution in [1.29, 1.82) is 0 Å². The predicted octanol–water partition coefficient (Wildman–Crippen LogP) is 4.38. The molecule has 0 atom stereocenters. The van der Waals surface area contributed by atoms with E-state index in [4.69, 9.17) is 12.2 Å². The number of fused-ring (bicyclic) bond motifs is 1. The Morgan fingerprint density at radius 2 is 1.52 bits per heavy atom. The Morgan fingerprint density at radius 3 is 2.24 bits per heavy atom. The highest BCUT2D eigenvalue weighted by atomic mass is 32.1. The van der Waals surface area contributed by atoms with E-state index < -0.39 is 34.8 Å². The van der Waals surface area contributed by atoms with Gasteiger partial charge in [-0.05, 0) is 24.4 Å². The molecule has 108 valence electrons. The first kappa shape index (κ1) is 13.7. The minimum Gasteiger partial charge on any atom is -0.330 e. The number of H-pyrrole nitrogens is 1. The summed E-state index contributed by atoms with van der Waals surface area (Å²) in [5, 5.41) is 0. The zero-order valence-electron chi connectivity index (χ0n) is 10.1. The fraction of sp³-hybridized carbons (Fsp3) is 0. The monoisotopic (exact) mass is 316 g/mol. The van der Waals surface area contributed by atoms with Gasteiger partial charge < -0.3 is 4.98 Å². The molecule has 8 heteroatoms. The molecule has 0 bridgehead atoms. The van der Waals surface area contributed by atoms with Crippen LogP contribution in [0.5, 0.6) is 0 Å². The molecule has 3 aromatic rings. The van der Waals surface area contributed by atoms with E-state index in [2.05, 4.69) is 4.98 Å². The van der Waals surface area contributed by atoms with E-state index in [9.17, 15) is 22.0 Å². The first-order chi connectivity index (χ1) is 9.90. The van der Waals surface area contributed by atoms with Gasteiger partial charge in [-0.15, -0.1) is 0 Å². The predicted molar refractivity (Wildman–Crippen MR) is 68.2 cm³/mol. The summed E-state index contributed by atoms with van der Waals surface area (Å²) in [6, 6.07) is 2.91. The first-order valence-electron chi connectivity index (χ1n) is 5.64. The Kier molecular flexibility index (Phi) is 3.05. The number of aromatic nitrogens is 2. The number of nitrogens with zero attached hydrogens (tertiary/aromatic N) is 1. The summed E-state index contributed by atoms with van der Waals surface area (Å²) in [6.45, 7) is 0. The molecule has 0 aliphatic heterocycles. The van der Waals surface area contributed by atoms with Gasteiger partial charge in [-0.3, -0.25) is 4.57 Å². The number of benzene rings is 2. The van der Waals surface area contributed by atoms with E-state index in [1.807, 2.05) is 0 Å². The smallest absolute Gasteiger partial charge is 0.184 e. The summed E-state index contributed by atoms with van der Waals surface area (Å²) in [6.07, 6.45) is 0. The zero-order chi connectivity index (χ0) is 15.3. The van der Waals surface area contributed by atoms with Crippen LogP contribution < -0.4 is 0 Å². The zero-order valence-corrected chi connectivity index (χ0v) is 10.9. The van der Waals surface area contributed by atoms with E-state index in [1.54, 1.807) is 0 Å². The van der Waals surface area contributed by atoms with Gasteiger partial charge in [0.05, 0.1) is 11.2 Å². The summed E-state index contributed by atoms with van der Waals surface area (Å²) in [5.74, 6) is -6.33. The van der Waals surface area contributed by atoms with Crippen molar-refractivity contribution in [3.05, 3.63) is 58.1 Å². The second-order valence-electron chi connectivity index (χ2n) is 4.24. The minimum atomic E-state index is -1.39. The molecular weight excluding hydrogens is 311 g/mol. The lowest BCUT2D eigenvalue weighted by molar-refractivity contribution is 0.492. The molecule has 1 heterocycles. The number of imidazole rings is 1. The van der Waals surface area contributed by atoms with Gasteiger partial charge >= 0.3 is 0 Å². The van der Waals surface area contributed by atoms with Crippen molar-refractivity contribution in [3.63, 3.8) is 0 Å². The fourth-order valence-corrected chi connectivity index (χ4v) is 2.34. The standard InChI is InChI=1S/C13H5F5N2S/c14-5-1-2-9-12(11(5)18)20(13(21)19-9)10-4-7(16)6(15)3-8(10)17/h1-4H,(H,19,21). The van der Waals surface area contributed by atoms with Gasteiger partial charge in [0.1, 0.15) is 11.3 Å². The second kappa shape index (κ2) is 4.66. The van der Waals surface area contributed by atoms with E-state index in [0.29, 0.717) is 12.1 Å². The second-order valence-corrected chi connectivity index (χ2v) is 4.63. The normalized spacial score (nSPS) is 11.3. The maximum Gasteiger partial charge on any atom is 0.184 e. The number of rotatable bonds is 1. The van der Waals surface area contributed by atoms with Crippen LogP contribution >= 0.6 is 12.2 Å². The van der Waals surface area contributed by atoms with Crippen LogP contribution in [0.15, 0.2) is 24.3 Å². The lowest BCUT2D eigenvalue weighted by Gasteiger charge is -2.07. The van der Waals surface area contributed by atoms with E-state index >= 15 is 0 Å². The molecule has 0 aliphatic carbocycles.